The molecule has 4 heterocycles. The third-order valence-corrected chi connectivity index (χ3v) is 4.99. The standard InChI is InChI=1S/C19H16FN5O/c20-13-3-4-15-12(8-13)9-17(23-15)19(26)24-7-5-14(10-24)25-11-22-16-2-1-6-21-18(16)25/h1-4,6,8-9,11,14,23H,5,7,10H2/t14-/m0/s1. The Bertz CT molecular complexity index is 1130. The molecule has 0 saturated carbocycles. The number of nitrogens with zero attached hydrogens (tertiary/aromatic N) is 4. The van der Waals surface area contributed by atoms with E-state index < -0.39 is 0 Å². The van der Waals surface area contributed by atoms with Gasteiger partial charge in [-0.2, -0.15) is 0 Å². The second kappa shape index (κ2) is 5.66. The normalized spacial score (nSPS) is 17.4. The summed E-state index contributed by atoms with van der Waals surface area (Å²) in [6, 6.07) is 10.1. The lowest BCUT2D eigenvalue weighted by Crippen LogP contribution is -2.29. The lowest BCUT2D eigenvalue weighted by molar-refractivity contribution is 0.0783. The minimum atomic E-state index is -0.309. The molecule has 0 spiro atoms. The molecule has 1 amide bonds. The average molecular weight is 349 g/mol. The van der Waals surface area contributed by atoms with Gasteiger partial charge in [-0.15, -0.1) is 0 Å². The summed E-state index contributed by atoms with van der Waals surface area (Å²) < 4.78 is 15.4. The molecular weight excluding hydrogens is 333 g/mol. The van der Waals surface area contributed by atoms with E-state index in [0.29, 0.717) is 24.2 Å². The number of carbonyl (C=O) groups excluding carboxylic acids is 1. The number of nitrogens with one attached hydrogen (secondary N) is 1. The molecule has 1 N–H and O–H groups in total. The van der Waals surface area contributed by atoms with Gasteiger partial charge in [0.2, 0.25) is 0 Å². The molecular formula is C19H16FN5O. The topological polar surface area (TPSA) is 66.8 Å². The molecule has 1 aliphatic rings. The molecule has 1 aliphatic heterocycles. The van der Waals surface area contributed by atoms with Crippen molar-refractivity contribution in [2.75, 3.05) is 13.1 Å². The minimum absolute atomic E-state index is 0.0681. The Hall–Kier alpha value is -3.22. The van der Waals surface area contributed by atoms with Gasteiger partial charge in [-0.1, -0.05) is 0 Å². The van der Waals surface area contributed by atoms with Crippen LogP contribution in [0.4, 0.5) is 4.39 Å². The smallest absolute Gasteiger partial charge is 0.270 e. The number of imidazole rings is 1. The molecule has 26 heavy (non-hydrogen) atoms. The highest BCUT2D eigenvalue weighted by Crippen LogP contribution is 2.26. The minimum Gasteiger partial charge on any atom is -0.351 e. The van der Waals surface area contributed by atoms with Crippen molar-refractivity contribution < 1.29 is 9.18 Å². The van der Waals surface area contributed by atoms with Gasteiger partial charge in [0.25, 0.3) is 5.91 Å². The second-order valence-electron chi connectivity index (χ2n) is 6.61. The molecule has 0 bridgehead atoms. The van der Waals surface area contributed by atoms with Crippen molar-refractivity contribution in [1.82, 2.24) is 24.4 Å². The molecule has 1 saturated heterocycles. The first kappa shape index (κ1) is 15.1. The molecule has 7 heteroatoms. The number of rotatable bonds is 2. The van der Waals surface area contributed by atoms with Crippen LogP contribution < -0.4 is 0 Å². The predicted octanol–water partition coefficient (Wildman–Crippen LogP) is 3.14. The van der Waals surface area contributed by atoms with Crippen molar-refractivity contribution in [2.45, 2.75) is 12.5 Å². The van der Waals surface area contributed by atoms with E-state index in [1.54, 1.807) is 24.7 Å². The van der Waals surface area contributed by atoms with Gasteiger partial charge in [0.15, 0.2) is 5.65 Å². The number of fused-ring (bicyclic) bond motifs is 2. The number of halogens is 1. The predicted molar refractivity (Wildman–Crippen MR) is 95.3 cm³/mol. The number of amides is 1. The van der Waals surface area contributed by atoms with Crippen LogP contribution in [0.1, 0.15) is 23.0 Å². The number of pyridine rings is 1. The number of benzene rings is 1. The number of hydrogen-bond acceptors (Lipinski definition) is 3. The number of H-pyrrole nitrogens is 1. The van der Waals surface area contributed by atoms with Crippen LogP contribution in [-0.2, 0) is 0 Å². The fourth-order valence-electron chi connectivity index (χ4n) is 3.68. The summed E-state index contributed by atoms with van der Waals surface area (Å²) in [6.07, 6.45) is 4.40. The summed E-state index contributed by atoms with van der Waals surface area (Å²) in [5, 5.41) is 0.703. The molecule has 0 radical (unpaired) electrons. The van der Waals surface area contributed by atoms with E-state index in [1.165, 1.54) is 12.1 Å². The number of hydrogen-bond donors (Lipinski definition) is 1. The van der Waals surface area contributed by atoms with Crippen LogP contribution in [0, 0.1) is 5.82 Å². The lowest BCUT2D eigenvalue weighted by Gasteiger charge is -2.16. The van der Waals surface area contributed by atoms with Crippen LogP contribution >= 0.6 is 0 Å². The summed E-state index contributed by atoms with van der Waals surface area (Å²) >= 11 is 0. The Labute approximate surface area is 148 Å². The van der Waals surface area contributed by atoms with Gasteiger partial charge in [0, 0.05) is 30.2 Å². The quantitative estimate of drug-likeness (QED) is 0.605. The summed E-state index contributed by atoms with van der Waals surface area (Å²) in [6.45, 7) is 1.27. The van der Waals surface area contributed by atoms with Gasteiger partial charge in [0.05, 0.1) is 12.4 Å². The number of aromatic nitrogens is 4. The van der Waals surface area contributed by atoms with E-state index in [9.17, 15) is 9.18 Å². The Morgan fingerprint density at radius 1 is 1.23 bits per heavy atom. The zero-order valence-electron chi connectivity index (χ0n) is 13.9. The zero-order valence-corrected chi connectivity index (χ0v) is 13.9. The SMILES string of the molecule is O=C(c1cc2cc(F)ccc2[nH]1)N1CC[C@H](n2cnc3cccnc32)C1. The monoisotopic (exact) mass is 349 g/mol. The summed E-state index contributed by atoms with van der Waals surface area (Å²) in [7, 11) is 0. The molecule has 0 aliphatic carbocycles. The molecule has 4 aromatic rings. The largest absolute Gasteiger partial charge is 0.351 e. The van der Waals surface area contributed by atoms with Gasteiger partial charge in [-0.05, 0) is 42.8 Å². The van der Waals surface area contributed by atoms with E-state index in [2.05, 4.69) is 15.0 Å². The molecule has 3 aromatic heterocycles. The Balaban J connectivity index is 1.40. The van der Waals surface area contributed by atoms with Gasteiger partial charge in [-0.3, -0.25) is 4.79 Å². The van der Waals surface area contributed by atoms with E-state index in [4.69, 9.17) is 0 Å². The molecule has 0 unspecified atom stereocenters. The van der Waals surface area contributed by atoms with Crippen LogP contribution in [0.5, 0.6) is 0 Å². The van der Waals surface area contributed by atoms with E-state index in [0.717, 1.165) is 23.1 Å². The van der Waals surface area contributed by atoms with Gasteiger partial charge < -0.3 is 14.5 Å². The molecule has 130 valence electrons. The fraction of sp³-hybridized carbons (Fsp3) is 0.211. The summed E-state index contributed by atoms with van der Waals surface area (Å²) in [5.41, 5.74) is 2.94. The zero-order chi connectivity index (χ0) is 17.7. The van der Waals surface area contributed by atoms with Crippen LogP contribution in [0.15, 0.2) is 48.9 Å². The van der Waals surface area contributed by atoms with Crippen LogP contribution in [-0.4, -0.2) is 43.4 Å². The average Bonchev–Trinajstić information content (AvgIpc) is 3.37. The third kappa shape index (κ3) is 2.35. The molecule has 1 fully saturated rings. The molecule has 1 aromatic carbocycles. The van der Waals surface area contributed by atoms with Gasteiger partial charge in [0.1, 0.15) is 17.0 Å². The Kier molecular flexibility index (Phi) is 3.28. The highest BCUT2D eigenvalue weighted by atomic mass is 19.1. The van der Waals surface area contributed by atoms with Crippen molar-refractivity contribution in [3.63, 3.8) is 0 Å². The lowest BCUT2D eigenvalue weighted by atomic mass is 10.2. The van der Waals surface area contributed by atoms with Crippen LogP contribution in [0.25, 0.3) is 22.1 Å². The number of likely N-dealkylation sites (tertiary alicyclic amines) is 1. The van der Waals surface area contributed by atoms with Crippen LogP contribution in [0.3, 0.4) is 0 Å². The number of aromatic amines is 1. The maximum atomic E-state index is 13.4. The first-order valence-corrected chi connectivity index (χ1v) is 8.54. The highest BCUT2D eigenvalue weighted by molar-refractivity contribution is 5.98. The molecule has 1 atom stereocenters. The van der Waals surface area contributed by atoms with Crippen LogP contribution in [0.2, 0.25) is 0 Å². The van der Waals surface area contributed by atoms with E-state index in [1.807, 2.05) is 21.6 Å². The first-order chi connectivity index (χ1) is 12.7. The second-order valence-corrected chi connectivity index (χ2v) is 6.61. The first-order valence-electron chi connectivity index (χ1n) is 8.54. The summed E-state index contributed by atoms with van der Waals surface area (Å²) in [4.78, 5) is 26.5. The van der Waals surface area contributed by atoms with Crippen molar-refractivity contribution in [1.29, 1.82) is 0 Å². The van der Waals surface area contributed by atoms with Crippen molar-refractivity contribution in [3.05, 3.63) is 60.4 Å². The fourth-order valence-corrected chi connectivity index (χ4v) is 3.68. The van der Waals surface area contributed by atoms with Crippen molar-refractivity contribution in [3.8, 4) is 0 Å². The third-order valence-electron chi connectivity index (χ3n) is 4.99. The highest BCUT2D eigenvalue weighted by Gasteiger charge is 2.29. The maximum Gasteiger partial charge on any atom is 0.270 e. The Morgan fingerprint density at radius 2 is 2.15 bits per heavy atom. The van der Waals surface area contributed by atoms with E-state index >= 15 is 0 Å². The van der Waals surface area contributed by atoms with Gasteiger partial charge in [-0.25, -0.2) is 14.4 Å². The number of carbonyl (C=O) groups is 1. The van der Waals surface area contributed by atoms with Crippen molar-refractivity contribution >= 4 is 28.0 Å². The maximum absolute atomic E-state index is 13.4. The molecule has 5 rings (SSSR count). The summed E-state index contributed by atoms with van der Waals surface area (Å²) in [5.74, 6) is -0.377. The van der Waals surface area contributed by atoms with E-state index in [-0.39, 0.29) is 17.8 Å². The Morgan fingerprint density at radius 3 is 3.08 bits per heavy atom. The van der Waals surface area contributed by atoms with Gasteiger partial charge >= 0.3 is 0 Å². The van der Waals surface area contributed by atoms with Crippen molar-refractivity contribution in [2.24, 2.45) is 0 Å². The molecule has 6 nitrogen and oxygen atoms in total.